The predicted molar refractivity (Wildman–Crippen MR) is 190 cm³/mol. The lowest BCUT2D eigenvalue weighted by Gasteiger charge is -2.40. The normalized spacial score (nSPS) is 16.4. The number of alkyl halides is 3. The fourth-order valence-electron chi connectivity index (χ4n) is 6.31. The Kier molecular flexibility index (Phi) is 11.5. The predicted octanol–water partition coefficient (Wildman–Crippen LogP) is 10.5. The van der Waals surface area contributed by atoms with Crippen LogP contribution >= 0.6 is 22.9 Å². The number of amides is 2. The first kappa shape index (κ1) is 39.0. The number of nitrogens with zero attached hydrogens (tertiary/aromatic N) is 2. The van der Waals surface area contributed by atoms with Gasteiger partial charge in [-0.25, -0.2) is 13.6 Å². The van der Waals surface area contributed by atoms with E-state index in [-0.39, 0.29) is 45.2 Å². The van der Waals surface area contributed by atoms with Gasteiger partial charge in [0.25, 0.3) is 11.7 Å². The Hall–Kier alpha value is -4.23. The Bertz CT molecular complexity index is 1970. The van der Waals surface area contributed by atoms with Crippen LogP contribution in [0, 0.1) is 11.6 Å². The number of fused-ring (bicyclic) bond motifs is 1. The van der Waals surface area contributed by atoms with Gasteiger partial charge in [-0.15, -0.1) is 11.3 Å². The standard InChI is InChI=1S/C38H38ClF5N2O5S/c1-6-50-29-18-11-23(21-7-9-22(10-8-21)34(47)38(42,43)44)19-24(29)20-46(26-14-12-25(13-15-26)45(5)36(49)51-37(2,3)4)35(48)33-31(39)30-27(40)16-17-28(41)32(30)52-33/h7-11,16-19,25-26H,6,12-15,20H2,1-5H3/t25-,26-. The highest BCUT2D eigenvalue weighted by molar-refractivity contribution is 7.21. The van der Waals surface area contributed by atoms with E-state index in [1.807, 2.05) is 0 Å². The van der Waals surface area contributed by atoms with E-state index in [0.717, 1.165) is 35.6 Å². The lowest BCUT2D eigenvalue weighted by molar-refractivity contribution is -0.0885. The summed E-state index contributed by atoms with van der Waals surface area (Å²) in [6, 6.07) is 11.6. The number of halogens is 6. The van der Waals surface area contributed by atoms with E-state index in [4.69, 9.17) is 21.1 Å². The summed E-state index contributed by atoms with van der Waals surface area (Å²) in [6.45, 7) is 7.42. The van der Waals surface area contributed by atoms with Gasteiger partial charge in [-0.05, 0) is 88.8 Å². The van der Waals surface area contributed by atoms with Gasteiger partial charge in [0.15, 0.2) is 0 Å². The lowest BCUT2D eigenvalue weighted by atomic mass is 9.89. The molecule has 1 saturated carbocycles. The van der Waals surface area contributed by atoms with Gasteiger partial charge in [0, 0.05) is 36.8 Å². The maximum absolute atomic E-state index is 14.9. The van der Waals surface area contributed by atoms with E-state index in [1.54, 1.807) is 62.7 Å². The quantitative estimate of drug-likeness (QED) is 0.125. The van der Waals surface area contributed by atoms with Crippen LogP contribution in [0.3, 0.4) is 0 Å². The molecule has 0 saturated heterocycles. The highest BCUT2D eigenvalue weighted by Gasteiger charge is 2.39. The summed E-state index contributed by atoms with van der Waals surface area (Å²) in [5.41, 5.74) is 0.489. The maximum Gasteiger partial charge on any atom is 0.454 e. The number of Topliss-reactive ketones (excluding diaryl/α,β-unsaturated/α-hetero) is 1. The molecule has 0 bridgehead atoms. The van der Waals surface area contributed by atoms with E-state index in [2.05, 4.69) is 0 Å². The van der Waals surface area contributed by atoms with E-state index < -0.39 is 46.8 Å². The Balaban J connectivity index is 1.51. The van der Waals surface area contributed by atoms with Crippen LogP contribution in [0.15, 0.2) is 54.6 Å². The third-order valence-electron chi connectivity index (χ3n) is 8.91. The summed E-state index contributed by atoms with van der Waals surface area (Å²) in [5.74, 6) is -3.52. The number of benzene rings is 3. The van der Waals surface area contributed by atoms with Crippen molar-refractivity contribution in [3.8, 4) is 16.9 Å². The van der Waals surface area contributed by atoms with Crippen molar-refractivity contribution in [3.63, 3.8) is 0 Å². The zero-order chi connectivity index (χ0) is 38.1. The lowest BCUT2D eigenvalue weighted by Crippen LogP contribution is -2.47. The maximum atomic E-state index is 14.9. The fourth-order valence-corrected chi connectivity index (χ4v) is 7.82. The van der Waals surface area contributed by atoms with Crippen molar-refractivity contribution in [3.05, 3.63) is 87.3 Å². The van der Waals surface area contributed by atoms with Crippen LogP contribution in [0.4, 0.5) is 26.7 Å². The zero-order valence-electron chi connectivity index (χ0n) is 29.2. The second kappa shape index (κ2) is 15.4. The Morgan fingerprint density at radius 1 is 0.885 bits per heavy atom. The summed E-state index contributed by atoms with van der Waals surface area (Å²) >= 11 is 7.36. The molecule has 1 fully saturated rings. The average Bonchev–Trinajstić information content (AvgIpc) is 3.45. The molecule has 278 valence electrons. The molecule has 1 heterocycles. The number of ketones is 1. The Labute approximate surface area is 307 Å². The molecule has 2 amide bonds. The molecule has 0 N–H and O–H groups in total. The van der Waals surface area contributed by atoms with Gasteiger partial charge in [-0.3, -0.25) is 9.59 Å². The number of hydrogen-bond acceptors (Lipinski definition) is 6. The highest BCUT2D eigenvalue weighted by atomic mass is 35.5. The summed E-state index contributed by atoms with van der Waals surface area (Å²) in [6.07, 6.45) is -3.44. The third kappa shape index (κ3) is 8.52. The molecule has 0 spiro atoms. The second-order valence-corrected chi connectivity index (χ2v) is 15.0. The molecule has 1 aliphatic rings. The number of rotatable bonds is 9. The van der Waals surface area contributed by atoms with Crippen LogP contribution in [0.2, 0.25) is 5.02 Å². The summed E-state index contributed by atoms with van der Waals surface area (Å²) in [5, 5.41) is -0.375. The molecular weight excluding hydrogens is 727 g/mol. The van der Waals surface area contributed by atoms with Crippen molar-refractivity contribution < 1.29 is 45.8 Å². The summed E-state index contributed by atoms with van der Waals surface area (Å²) < 4.78 is 80.1. The molecule has 0 radical (unpaired) electrons. The first-order chi connectivity index (χ1) is 24.4. The first-order valence-corrected chi connectivity index (χ1v) is 17.9. The Morgan fingerprint density at radius 2 is 1.48 bits per heavy atom. The van der Waals surface area contributed by atoms with Crippen molar-refractivity contribution in [1.82, 2.24) is 9.80 Å². The van der Waals surface area contributed by atoms with Gasteiger partial charge in [0.05, 0.1) is 21.7 Å². The molecule has 5 rings (SSSR count). The molecule has 14 heteroatoms. The minimum Gasteiger partial charge on any atom is -0.494 e. The molecule has 4 aromatic rings. The molecular formula is C38H38ClF5N2O5S. The van der Waals surface area contributed by atoms with Gasteiger partial charge in [0.2, 0.25) is 0 Å². The smallest absolute Gasteiger partial charge is 0.454 e. The van der Waals surface area contributed by atoms with Crippen LogP contribution in [0.1, 0.15) is 79.0 Å². The second-order valence-electron chi connectivity index (χ2n) is 13.6. The van der Waals surface area contributed by atoms with Gasteiger partial charge in [-0.1, -0.05) is 41.9 Å². The van der Waals surface area contributed by atoms with E-state index >= 15 is 0 Å². The molecule has 0 atom stereocenters. The molecule has 0 unspecified atom stereocenters. The van der Waals surface area contributed by atoms with Crippen LogP contribution in [-0.4, -0.2) is 65.1 Å². The van der Waals surface area contributed by atoms with Gasteiger partial charge in [-0.2, -0.15) is 13.2 Å². The largest absolute Gasteiger partial charge is 0.494 e. The monoisotopic (exact) mass is 764 g/mol. The minimum atomic E-state index is -5.01. The van der Waals surface area contributed by atoms with Crippen molar-refractivity contribution in [1.29, 1.82) is 0 Å². The SMILES string of the molecule is CCOc1ccc(-c2ccc(C(=O)C(F)(F)F)cc2)cc1CN(C(=O)c1sc2c(F)ccc(F)c2c1Cl)[C@H]1CC[C@H](N(C)C(=O)OC(C)(C)C)CC1. The van der Waals surface area contributed by atoms with Crippen LogP contribution in [0.5, 0.6) is 5.75 Å². The van der Waals surface area contributed by atoms with E-state index in [0.29, 0.717) is 48.1 Å². The van der Waals surface area contributed by atoms with Crippen LogP contribution < -0.4 is 4.74 Å². The number of hydrogen-bond donors (Lipinski definition) is 0. The summed E-state index contributed by atoms with van der Waals surface area (Å²) in [4.78, 5) is 42.2. The molecule has 1 aromatic heterocycles. The molecule has 0 aliphatic heterocycles. The topological polar surface area (TPSA) is 76.2 Å². The van der Waals surface area contributed by atoms with Gasteiger partial charge < -0.3 is 19.3 Å². The number of ether oxygens (including phenoxy) is 2. The first-order valence-electron chi connectivity index (χ1n) is 16.7. The van der Waals surface area contributed by atoms with E-state index in [9.17, 15) is 36.3 Å². The van der Waals surface area contributed by atoms with Crippen molar-refractivity contribution in [2.75, 3.05) is 13.7 Å². The van der Waals surface area contributed by atoms with Crippen LogP contribution in [0.25, 0.3) is 21.2 Å². The number of carbonyl (C=O) groups is 3. The van der Waals surface area contributed by atoms with Crippen LogP contribution in [-0.2, 0) is 11.3 Å². The third-order valence-corrected chi connectivity index (χ3v) is 10.6. The number of thiophene rings is 1. The van der Waals surface area contributed by atoms with Gasteiger partial charge >= 0.3 is 12.3 Å². The van der Waals surface area contributed by atoms with Crippen molar-refractivity contribution >= 4 is 50.8 Å². The Morgan fingerprint density at radius 3 is 2.06 bits per heavy atom. The fraction of sp³-hybridized carbons (Fsp3) is 0.395. The molecule has 1 aliphatic carbocycles. The van der Waals surface area contributed by atoms with E-state index in [1.165, 1.54) is 12.1 Å². The molecule has 3 aromatic carbocycles. The van der Waals surface area contributed by atoms with Crippen molar-refractivity contribution in [2.24, 2.45) is 0 Å². The minimum absolute atomic E-state index is 0.0145. The van der Waals surface area contributed by atoms with Gasteiger partial charge in [0.1, 0.15) is 27.9 Å². The average molecular weight is 765 g/mol. The highest BCUT2D eigenvalue weighted by Crippen LogP contribution is 2.41. The zero-order valence-corrected chi connectivity index (χ0v) is 30.8. The number of carbonyl (C=O) groups excluding carboxylic acids is 3. The van der Waals surface area contributed by atoms with Crippen molar-refractivity contribution in [2.45, 2.75) is 83.8 Å². The summed E-state index contributed by atoms with van der Waals surface area (Å²) in [7, 11) is 1.67. The molecule has 52 heavy (non-hydrogen) atoms. The molecule has 7 nitrogen and oxygen atoms in total.